The average molecular weight is 842 g/mol. The van der Waals surface area contributed by atoms with Crippen molar-refractivity contribution >= 4 is 85.1 Å². The van der Waals surface area contributed by atoms with Crippen LogP contribution in [0.3, 0.4) is 0 Å². The lowest BCUT2D eigenvalue weighted by molar-refractivity contribution is -0.139. The highest BCUT2D eigenvalue weighted by molar-refractivity contribution is 14.1. The van der Waals surface area contributed by atoms with Crippen LogP contribution in [0.1, 0.15) is 50.4 Å². The van der Waals surface area contributed by atoms with Gasteiger partial charge < -0.3 is 14.2 Å². The summed E-state index contributed by atoms with van der Waals surface area (Å²) in [6.07, 6.45) is 1.66. The zero-order valence-corrected chi connectivity index (χ0v) is 30.8. The molecule has 234 valence electrons. The summed E-state index contributed by atoms with van der Waals surface area (Å²) in [7, 11) is 0. The minimum atomic E-state index is -0.801. The third-order valence-electron chi connectivity index (χ3n) is 6.78. The quantitative estimate of drug-likeness (QED) is 0.127. The molecule has 1 aliphatic rings. The van der Waals surface area contributed by atoms with Gasteiger partial charge in [-0.3, -0.25) is 9.36 Å². The summed E-state index contributed by atoms with van der Waals surface area (Å²) in [4.78, 5) is 32.8. The molecule has 0 unspecified atom stereocenters. The van der Waals surface area contributed by atoms with Crippen LogP contribution in [0.25, 0.3) is 6.08 Å². The maximum absolute atomic E-state index is 14.3. The van der Waals surface area contributed by atoms with Gasteiger partial charge in [-0.2, -0.15) is 0 Å². The average Bonchev–Trinajstić information content (AvgIpc) is 3.27. The molecule has 5 rings (SSSR count). The fourth-order valence-corrected chi connectivity index (χ4v) is 7.98. The number of fused-ring (bicyclic) bond motifs is 1. The van der Waals surface area contributed by atoms with Crippen molar-refractivity contribution in [1.29, 1.82) is 0 Å². The Morgan fingerprint density at radius 1 is 1.16 bits per heavy atom. The Morgan fingerprint density at radius 3 is 2.62 bits per heavy atom. The Hall–Kier alpha value is -2.64. The van der Waals surface area contributed by atoms with Crippen LogP contribution < -0.4 is 24.4 Å². The number of nitrogens with zero attached hydrogens (tertiary/aromatic N) is 2. The van der Waals surface area contributed by atoms with E-state index < -0.39 is 12.0 Å². The first-order chi connectivity index (χ1) is 21.5. The summed E-state index contributed by atoms with van der Waals surface area (Å²) >= 11 is 19.3. The van der Waals surface area contributed by atoms with Crippen molar-refractivity contribution in [2.24, 2.45) is 4.99 Å². The summed E-state index contributed by atoms with van der Waals surface area (Å²) < 4.78 is 21.5. The molecule has 4 aromatic rings. The second-order valence-electron chi connectivity index (χ2n) is 10.3. The number of hydrogen-bond donors (Lipinski definition) is 0. The Bertz CT molecular complexity index is 2010. The molecule has 0 fully saturated rings. The van der Waals surface area contributed by atoms with Crippen LogP contribution in [0.15, 0.2) is 80.1 Å². The van der Waals surface area contributed by atoms with Crippen molar-refractivity contribution in [3.05, 3.63) is 120 Å². The Morgan fingerprint density at radius 2 is 1.91 bits per heavy atom. The molecule has 0 radical (unpaired) electrons. The molecule has 1 aromatic heterocycles. The van der Waals surface area contributed by atoms with Crippen LogP contribution in [0.4, 0.5) is 0 Å². The van der Waals surface area contributed by atoms with Gasteiger partial charge in [-0.25, -0.2) is 9.79 Å². The number of thiazole rings is 1. The number of halogens is 4. The van der Waals surface area contributed by atoms with Gasteiger partial charge in [0, 0.05) is 15.6 Å². The molecule has 0 spiro atoms. The molecular weight excluding hydrogens is 814 g/mol. The van der Waals surface area contributed by atoms with Crippen molar-refractivity contribution in [2.75, 3.05) is 6.61 Å². The minimum Gasteiger partial charge on any atom is -0.491 e. The molecule has 0 saturated carbocycles. The highest BCUT2D eigenvalue weighted by Gasteiger charge is 2.35. The van der Waals surface area contributed by atoms with Crippen LogP contribution in [-0.4, -0.2) is 23.2 Å². The number of esters is 1. The largest absolute Gasteiger partial charge is 0.491 e. The van der Waals surface area contributed by atoms with Gasteiger partial charge in [0.25, 0.3) is 5.56 Å². The van der Waals surface area contributed by atoms with Crippen LogP contribution >= 0.6 is 73.1 Å². The third-order valence-corrected chi connectivity index (χ3v) is 9.77. The second-order valence-corrected chi connectivity index (χ2v) is 14.3. The predicted octanol–water partition coefficient (Wildman–Crippen LogP) is 7.84. The third kappa shape index (κ3) is 7.35. The zero-order chi connectivity index (χ0) is 32.4. The van der Waals surface area contributed by atoms with Gasteiger partial charge >= 0.3 is 5.97 Å². The molecule has 3 aromatic carbocycles. The van der Waals surface area contributed by atoms with Crippen LogP contribution in [0, 0.1) is 3.57 Å². The van der Waals surface area contributed by atoms with E-state index in [1.54, 1.807) is 36.6 Å². The van der Waals surface area contributed by atoms with E-state index >= 15 is 0 Å². The normalized spacial score (nSPS) is 14.8. The van der Waals surface area contributed by atoms with Crippen molar-refractivity contribution < 1.29 is 19.0 Å². The number of benzene rings is 3. The molecule has 7 nitrogen and oxygen atoms in total. The lowest BCUT2D eigenvalue weighted by atomic mass is 9.95. The highest BCUT2D eigenvalue weighted by Crippen LogP contribution is 2.37. The molecule has 0 aliphatic carbocycles. The van der Waals surface area contributed by atoms with Gasteiger partial charge in [0.05, 0.1) is 42.1 Å². The zero-order valence-electron chi connectivity index (χ0n) is 24.7. The smallest absolute Gasteiger partial charge is 0.338 e. The van der Waals surface area contributed by atoms with Gasteiger partial charge in [-0.15, -0.1) is 0 Å². The molecule has 1 atom stereocenters. The predicted molar refractivity (Wildman–Crippen MR) is 190 cm³/mol. The van der Waals surface area contributed by atoms with Gasteiger partial charge in [-0.05, 0) is 92.3 Å². The van der Waals surface area contributed by atoms with Crippen LogP contribution in [0.2, 0.25) is 10.0 Å². The first-order valence-electron chi connectivity index (χ1n) is 14.0. The molecule has 12 heteroatoms. The lowest BCUT2D eigenvalue weighted by Crippen LogP contribution is -2.40. The number of carbonyl (C=O) groups is 1. The van der Waals surface area contributed by atoms with Crippen molar-refractivity contribution in [3.8, 4) is 11.5 Å². The number of allylic oxidation sites excluding steroid dienone is 1. The van der Waals surface area contributed by atoms with E-state index in [2.05, 4.69) is 38.5 Å². The Kier molecular flexibility index (Phi) is 10.8. The topological polar surface area (TPSA) is 79.1 Å². The highest BCUT2D eigenvalue weighted by atomic mass is 127. The minimum absolute atomic E-state index is 0.126. The monoisotopic (exact) mass is 840 g/mol. The van der Waals surface area contributed by atoms with Crippen LogP contribution in [0.5, 0.6) is 11.5 Å². The van der Waals surface area contributed by atoms with Gasteiger partial charge in [0.1, 0.15) is 24.1 Å². The fraction of sp³-hybridized carbons (Fsp3) is 0.242. The van der Waals surface area contributed by atoms with Gasteiger partial charge in [0.2, 0.25) is 0 Å². The first-order valence-corrected chi connectivity index (χ1v) is 17.4. The molecule has 2 heterocycles. The summed E-state index contributed by atoms with van der Waals surface area (Å²) in [5, 5.41) is 0.907. The maximum atomic E-state index is 14.3. The lowest BCUT2D eigenvalue weighted by Gasteiger charge is -2.26. The second kappa shape index (κ2) is 14.4. The van der Waals surface area contributed by atoms with E-state index in [9.17, 15) is 9.59 Å². The maximum Gasteiger partial charge on any atom is 0.338 e. The fourth-order valence-electron chi connectivity index (χ4n) is 4.92. The van der Waals surface area contributed by atoms with E-state index in [0.717, 1.165) is 13.6 Å². The van der Waals surface area contributed by atoms with Crippen LogP contribution in [-0.2, 0) is 16.1 Å². The molecular formula is C33H28BrCl2IN2O5S. The summed E-state index contributed by atoms with van der Waals surface area (Å²) in [5.41, 5.74) is 2.67. The Balaban J connectivity index is 1.66. The summed E-state index contributed by atoms with van der Waals surface area (Å²) in [6.45, 7) is 7.78. The molecule has 45 heavy (non-hydrogen) atoms. The number of para-hydroxylation sites is 1. The number of hydrogen-bond acceptors (Lipinski definition) is 7. The van der Waals surface area contributed by atoms with Crippen molar-refractivity contribution in [1.82, 2.24) is 4.57 Å². The SMILES string of the molecule is CCOC(=O)C1=C(C)N=c2s/c(=C\c3cc(Br)cc(I)c3OCc3ccc(Cl)c(Cl)c3)c(=O)n2[C@@H]1c1ccccc1OC(C)C. The molecule has 0 bridgehead atoms. The number of aromatic nitrogens is 1. The number of rotatable bonds is 9. The molecule has 0 amide bonds. The van der Waals surface area contributed by atoms with E-state index in [-0.39, 0.29) is 24.9 Å². The van der Waals surface area contributed by atoms with Gasteiger partial charge in [-0.1, -0.05) is 74.7 Å². The van der Waals surface area contributed by atoms with Crippen molar-refractivity contribution in [2.45, 2.75) is 46.4 Å². The number of carbonyl (C=O) groups excluding carboxylic acids is 1. The summed E-state index contributed by atoms with van der Waals surface area (Å²) in [6, 6.07) is 15.8. The first kappa shape index (κ1) is 33.7. The van der Waals surface area contributed by atoms with Gasteiger partial charge in [0.15, 0.2) is 4.80 Å². The Labute approximate surface area is 296 Å². The molecule has 1 aliphatic heterocycles. The number of ether oxygens (including phenoxy) is 3. The van der Waals surface area contributed by atoms with E-state index in [1.165, 1.54) is 11.3 Å². The van der Waals surface area contributed by atoms with E-state index in [1.807, 2.05) is 56.3 Å². The summed E-state index contributed by atoms with van der Waals surface area (Å²) in [5.74, 6) is 0.645. The van der Waals surface area contributed by atoms with Crippen molar-refractivity contribution in [3.63, 3.8) is 0 Å². The molecule has 0 N–H and O–H groups in total. The van der Waals surface area contributed by atoms with E-state index in [0.29, 0.717) is 53.3 Å². The van der Waals surface area contributed by atoms with E-state index in [4.69, 9.17) is 42.4 Å². The molecule has 0 saturated heterocycles. The standard InChI is InChI=1S/C33H28BrCl2IN2O5S/c1-5-42-32(41)28-18(4)38-33-39(29(28)22-8-6-7-9-26(22)44-17(2)3)31(40)27(45-33)14-20-13-21(34)15-25(37)30(20)43-16-19-10-11-23(35)24(36)12-19/h6-15,17,29H,5,16H2,1-4H3/b27-14-/t29-/m1/s1.